The highest BCUT2D eigenvalue weighted by Gasteiger charge is 2.17. The quantitative estimate of drug-likeness (QED) is 0.464. The highest BCUT2D eigenvalue weighted by Crippen LogP contribution is 2.40. The van der Waals surface area contributed by atoms with Gasteiger partial charge in [-0.25, -0.2) is 0 Å². The maximum atomic E-state index is 7.57. The second kappa shape index (κ2) is 6.44. The van der Waals surface area contributed by atoms with Crippen LogP contribution in [0, 0.1) is 15.9 Å². The van der Waals surface area contributed by atoms with Crippen LogP contribution < -0.4 is 16.0 Å². The molecule has 18 heavy (non-hydrogen) atoms. The number of benzene rings is 1. The van der Waals surface area contributed by atoms with Gasteiger partial charge in [-0.1, -0.05) is 13.2 Å². The van der Waals surface area contributed by atoms with E-state index in [1.165, 1.54) is 6.21 Å². The maximum Gasteiger partial charge on any atom is 0.0833 e. The summed E-state index contributed by atoms with van der Waals surface area (Å²) in [5, 5.41) is 16.9. The van der Waals surface area contributed by atoms with Gasteiger partial charge in [0, 0.05) is 22.4 Å². The van der Waals surface area contributed by atoms with Crippen molar-refractivity contribution in [3.05, 3.63) is 40.3 Å². The Morgan fingerprint density at radius 3 is 2.11 bits per heavy atom. The van der Waals surface area contributed by atoms with Gasteiger partial charge in [0.25, 0.3) is 0 Å². The Bertz CT molecular complexity index is 494. The molecule has 4 nitrogen and oxygen atoms in total. The molecule has 0 aliphatic rings. The average Bonchev–Trinajstić information content (AvgIpc) is 2.37. The van der Waals surface area contributed by atoms with Crippen molar-refractivity contribution in [3.8, 4) is 0 Å². The third-order valence-corrected chi connectivity index (χ3v) is 3.96. The van der Waals surface area contributed by atoms with Crippen LogP contribution in [0.1, 0.15) is 11.1 Å². The Morgan fingerprint density at radius 2 is 1.67 bits per heavy atom. The van der Waals surface area contributed by atoms with E-state index >= 15 is 0 Å². The van der Waals surface area contributed by atoms with Gasteiger partial charge in [0.15, 0.2) is 0 Å². The minimum absolute atomic E-state index is 0.838. The third-order valence-electron chi connectivity index (χ3n) is 2.61. The first-order chi connectivity index (χ1) is 8.62. The van der Waals surface area contributed by atoms with E-state index in [0.717, 1.165) is 31.8 Å². The molecule has 0 saturated carbocycles. The van der Waals surface area contributed by atoms with Gasteiger partial charge in [-0.05, 0) is 47.5 Å². The largest absolute Gasteiger partial charge is 0.385 e. The highest BCUT2D eigenvalue weighted by atomic mass is 127. The highest BCUT2D eigenvalue weighted by molar-refractivity contribution is 14.1. The summed E-state index contributed by atoms with van der Waals surface area (Å²) in [4.78, 5) is 0. The maximum absolute atomic E-state index is 7.57. The molecular weight excluding hydrogens is 339 g/mol. The van der Waals surface area contributed by atoms with Crippen molar-refractivity contribution in [1.82, 2.24) is 0 Å². The van der Waals surface area contributed by atoms with E-state index in [9.17, 15) is 0 Å². The van der Waals surface area contributed by atoms with Gasteiger partial charge in [-0.3, -0.25) is 0 Å². The van der Waals surface area contributed by atoms with Crippen molar-refractivity contribution in [3.63, 3.8) is 0 Å². The summed E-state index contributed by atoms with van der Waals surface area (Å²) >= 11 is 2.26. The van der Waals surface area contributed by atoms with E-state index in [-0.39, 0.29) is 0 Å². The van der Waals surface area contributed by atoms with Crippen LogP contribution in [0.2, 0.25) is 0 Å². The Kier molecular flexibility index (Phi) is 5.21. The minimum atomic E-state index is 0.838. The van der Waals surface area contributed by atoms with Gasteiger partial charge < -0.3 is 21.4 Å². The van der Waals surface area contributed by atoms with E-state index < -0.39 is 0 Å². The van der Waals surface area contributed by atoms with Gasteiger partial charge in [0.2, 0.25) is 0 Å². The first-order valence-electron chi connectivity index (χ1n) is 5.41. The molecule has 1 aromatic carbocycles. The van der Waals surface area contributed by atoms with Crippen LogP contribution in [0.25, 0.3) is 0 Å². The summed E-state index contributed by atoms with van der Waals surface area (Å²) in [5.41, 5.74) is 4.56. The molecule has 1 rings (SSSR count). The molecule has 0 aliphatic heterocycles. The van der Waals surface area contributed by atoms with Crippen molar-refractivity contribution in [2.24, 2.45) is 0 Å². The first-order valence-corrected chi connectivity index (χ1v) is 6.49. The predicted molar refractivity (Wildman–Crippen MR) is 89.0 cm³/mol. The molecule has 0 radical (unpaired) electrons. The lowest BCUT2D eigenvalue weighted by Gasteiger charge is -2.21. The number of hydrogen-bond acceptors (Lipinski definition) is 4. The zero-order chi connectivity index (χ0) is 13.7. The van der Waals surface area contributed by atoms with Crippen LogP contribution in [0.3, 0.4) is 0 Å². The monoisotopic (exact) mass is 356 g/mol. The predicted octanol–water partition coefficient (Wildman–Crippen LogP) is 3.75. The fourth-order valence-electron chi connectivity index (χ4n) is 1.78. The lowest BCUT2D eigenvalue weighted by molar-refractivity contribution is 1.35. The molecule has 4 N–H and O–H groups in total. The molecule has 0 atom stereocenters. The molecule has 0 unspecified atom stereocenters. The van der Waals surface area contributed by atoms with Crippen molar-refractivity contribution in [2.45, 2.75) is 6.92 Å². The number of halogens is 1. The van der Waals surface area contributed by atoms with Crippen LogP contribution in [0.4, 0.5) is 17.1 Å². The van der Waals surface area contributed by atoms with Crippen LogP contribution in [0.5, 0.6) is 0 Å². The molecule has 0 aromatic heterocycles. The second-order valence-corrected chi connectivity index (χ2v) is 4.65. The molecule has 0 amide bonds. The van der Waals surface area contributed by atoms with Gasteiger partial charge in [-0.2, -0.15) is 0 Å². The molecule has 0 heterocycles. The molecule has 0 fully saturated rings. The van der Waals surface area contributed by atoms with Gasteiger partial charge in [0.05, 0.1) is 17.1 Å². The number of hydrogen-bond donors (Lipinski definition) is 4. The van der Waals surface area contributed by atoms with Crippen molar-refractivity contribution >= 4 is 45.9 Å². The standard InChI is InChI=1S/C13H17IN4/c1-5-17-11-9(7-15)8(3)10(14)12(18-6-2)13(11)16-4/h5-7,15-18H,1-2H2,3-4H3. The molecule has 5 heteroatoms. The molecule has 0 aliphatic carbocycles. The summed E-state index contributed by atoms with van der Waals surface area (Å²) < 4.78 is 1.06. The van der Waals surface area contributed by atoms with Crippen LogP contribution in [-0.2, 0) is 0 Å². The second-order valence-electron chi connectivity index (χ2n) is 3.57. The normalized spacial score (nSPS) is 9.50. The Balaban J connectivity index is 3.68. The Labute approximate surface area is 121 Å². The van der Waals surface area contributed by atoms with E-state index in [0.29, 0.717) is 0 Å². The number of rotatable bonds is 6. The van der Waals surface area contributed by atoms with Crippen LogP contribution in [0.15, 0.2) is 25.6 Å². The lowest BCUT2D eigenvalue weighted by atomic mass is 10.0. The van der Waals surface area contributed by atoms with E-state index in [1.807, 2.05) is 14.0 Å². The lowest BCUT2D eigenvalue weighted by Crippen LogP contribution is -2.08. The molecule has 1 aromatic rings. The zero-order valence-corrected chi connectivity index (χ0v) is 12.7. The minimum Gasteiger partial charge on any atom is -0.385 e. The average molecular weight is 356 g/mol. The summed E-state index contributed by atoms with van der Waals surface area (Å²) in [6.45, 7) is 9.36. The summed E-state index contributed by atoms with van der Waals surface area (Å²) in [6, 6.07) is 0. The topological polar surface area (TPSA) is 59.9 Å². The van der Waals surface area contributed by atoms with Gasteiger partial charge in [-0.15, -0.1) is 0 Å². The van der Waals surface area contributed by atoms with Gasteiger partial charge in [0.1, 0.15) is 0 Å². The smallest absolute Gasteiger partial charge is 0.0833 e. The molecule has 0 bridgehead atoms. The van der Waals surface area contributed by atoms with Gasteiger partial charge >= 0.3 is 0 Å². The van der Waals surface area contributed by atoms with Crippen molar-refractivity contribution < 1.29 is 0 Å². The van der Waals surface area contributed by atoms with Crippen LogP contribution in [-0.4, -0.2) is 13.3 Å². The third kappa shape index (κ3) is 2.50. The summed E-state index contributed by atoms with van der Waals surface area (Å²) in [5.74, 6) is 0. The number of nitrogens with one attached hydrogen (secondary N) is 4. The summed E-state index contributed by atoms with van der Waals surface area (Å²) in [6.07, 6.45) is 4.59. The van der Waals surface area contributed by atoms with E-state index in [4.69, 9.17) is 5.41 Å². The first kappa shape index (κ1) is 14.6. The Hall–Kier alpha value is -1.50. The molecule has 0 saturated heterocycles. The molecule has 0 spiro atoms. The van der Waals surface area contributed by atoms with E-state index in [1.54, 1.807) is 12.4 Å². The van der Waals surface area contributed by atoms with Crippen molar-refractivity contribution in [2.75, 3.05) is 23.0 Å². The molecular formula is C13H17IN4. The molecule has 96 valence electrons. The zero-order valence-electron chi connectivity index (χ0n) is 10.5. The Morgan fingerprint density at radius 1 is 1.11 bits per heavy atom. The fourth-order valence-corrected chi connectivity index (χ4v) is 2.50. The summed E-state index contributed by atoms with van der Waals surface area (Å²) in [7, 11) is 1.84. The number of anilines is 3. The van der Waals surface area contributed by atoms with Crippen LogP contribution >= 0.6 is 22.6 Å². The van der Waals surface area contributed by atoms with Crippen molar-refractivity contribution in [1.29, 1.82) is 5.41 Å². The van der Waals surface area contributed by atoms with E-state index in [2.05, 4.69) is 51.7 Å². The fraction of sp³-hybridized carbons (Fsp3) is 0.154. The SMILES string of the molecule is C=CNc1c(I)c(C)c(C=N)c(NC=C)c1NC.